The predicted octanol–water partition coefficient (Wildman–Crippen LogP) is 0.958. The maximum absolute atomic E-state index is 9.35. The van der Waals surface area contributed by atoms with E-state index in [0.717, 1.165) is 6.42 Å². The van der Waals surface area contributed by atoms with Gasteiger partial charge in [-0.1, -0.05) is 12.2 Å². The number of ether oxygens (including phenoxy) is 1. The second kappa shape index (κ2) is 3.17. The van der Waals surface area contributed by atoms with Crippen molar-refractivity contribution in [1.82, 2.24) is 0 Å². The van der Waals surface area contributed by atoms with Gasteiger partial charge in [0.15, 0.2) is 0 Å². The third-order valence-electron chi connectivity index (χ3n) is 2.09. The summed E-state index contributed by atoms with van der Waals surface area (Å²) in [4.78, 5) is 0. The van der Waals surface area contributed by atoms with E-state index < -0.39 is 0 Å². The molecule has 0 unspecified atom stereocenters. The number of hydrogen-bond donors (Lipinski definition) is 1. The van der Waals surface area contributed by atoms with Crippen molar-refractivity contribution in [3.8, 4) is 0 Å². The van der Waals surface area contributed by atoms with Gasteiger partial charge < -0.3 is 9.84 Å². The Morgan fingerprint density at radius 1 is 1.70 bits per heavy atom. The first-order chi connectivity index (χ1) is 4.75. The first kappa shape index (κ1) is 7.76. The number of rotatable bonds is 2. The van der Waals surface area contributed by atoms with E-state index in [1.807, 2.05) is 19.1 Å². The van der Waals surface area contributed by atoms with Crippen LogP contribution in [0.2, 0.25) is 0 Å². The first-order valence-electron chi connectivity index (χ1n) is 3.63. The van der Waals surface area contributed by atoms with Crippen molar-refractivity contribution in [2.24, 2.45) is 5.92 Å². The highest BCUT2D eigenvalue weighted by Gasteiger charge is 2.25. The molecule has 2 nitrogen and oxygen atoms in total. The Morgan fingerprint density at radius 2 is 2.40 bits per heavy atom. The average Bonchev–Trinajstić information content (AvgIpc) is 2.34. The molecule has 0 amide bonds. The molecule has 1 aliphatic rings. The molecule has 0 aromatic rings. The maximum atomic E-state index is 9.35. The minimum atomic E-state index is -0.227. The number of aliphatic hydroxyl groups is 1. The van der Waals surface area contributed by atoms with Crippen molar-refractivity contribution in [2.45, 2.75) is 25.6 Å². The molecule has 1 N–H and O–H groups in total. The van der Waals surface area contributed by atoms with Crippen LogP contribution in [0.3, 0.4) is 0 Å². The Morgan fingerprint density at radius 3 is 2.80 bits per heavy atom. The van der Waals surface area contributed by atoms with E-state index >= 15 is 0 Å². The van der Waals surface area contributed by atoms with Crippen LogP contribution in [0, 0.1) is 5.92 Å². The molecule has 0 aromatic heterocycles. The summed E-state index contributed by atoms with van der Waals surface area (Å²) in [6.07, 6.45) is 4.71. The van der Waals surface area contributed by atoms with Crippen LogP contribution in [0.4, 0.5) is 0 Å². The summed E-state index contributed by atoms with van der Waals surface area (Å²) in [6, 6.07) is 0. The van der Waals surface area contributed by atoms with Gasteiger partial charge >= 0.3 is 0 Å². The van der Waals surface area contributed by atoms with E-state index in [4.69, 9.17) is 4.74 Å². The fraction of sp³-hybridized carbons (Fsp3) is 0.750. The highest BCUT2D eigenvalue weighted by molar-refractivity contribution is 5.03. The van der Waals surface area contributed by atoms with Crippen LogP contribution in [0.1, 0.15) is 13.3 Å². The van der Waals surface area contributed by atoms with Gasteiger partial charge in [-0.15, -0.1) is 0 Å². The lowest BCUT2D eigenvalue weighted by Crippen LogP contribution is -2.26. The second-order valence-electron chi connectivity index (χ2n) is 2.75. The highest BCUT2D eigenvalue weighted by atomic mass is 16.5. The van der Waals surface area contributed by atoms with Crippen LogP contribution in [0.15, 0.2) is 12.2 Å². The van der Waals surface area contributed by atoms with Gasteiger partial charge in [-0.25, -0.2) is 0 Å². The molecule has 58 valence electrons. The molecular weight excluding hydrogens is 128 g/mol. The molecule has 0 saturated heterocycles. The molecule has 0 aromatic carbocycles. The Hall–Kier alpha value is -0.340. The molecule has 0 radical (unpaired) electrons. The zero-order valence-corrected chi connectivity index (χ0v) is 6.45. The quantitative estimate of drug-likeness (QED) is 0.582. The Labute approximate surface area is 61.5 Å². The van der Waals surface area contributed by atoms with Gasteiger partial charge in [0.05, 0.1) is 12.2 Å². The Bertz CT molecular complexity index is 131. The van der Waals surface area contributed by atoms with Crippen molar-refractivity contribution in [3.63, 3.8) is 0 Å². The summed E-state index contributed by atoms with van der Waals surface area (Å²) in [7, 11) is 1.67. The van der Waals surface area contributed by atoms with Gasteiger partial charge in [0.1, 0.15) is 0 Å². The highest BCUT2D eigenvalue weighted by Crippen LogP contribution is 2.22. The van der Waals surface area contributed by atoms with E-state index in [9.17, 15) is 5.11 Å². The van der Waals surface area contributed by atoms with Crippen LogP contribution in [0.5, 0.6) is 0 Å². The summed E-state index contributed by atoms with van der Waals surface area (Å²) in [5.41, 5.74) is 0. The second-order valence-corrected chi connectivity index (χ2v) is 2.75. The number of hydrogen-bond acceptors (Lipinski definition) is 2. The fourth-order valence-corrected chi connectivity index (χ4v) is 1.29. The third kappa shape index (κ3) is 1.39. The number of aliphatic hydroxyl groups excluding tert-OH is 1. The molecule has 0 aliphatic heterocycles. The molecule has 3 atom stereocenters. The van der Waals surface area contributed by atoms with Crippen LogP contribution in [-0.4, -0.2) is 24.4 Å². The van der Waals surface area contributed by atoms with Gasteiger partial charge in [-0.05, 0) is 13.3 Å². The van der Waals surface area contributed by atoms with E-state index in [2.05, 4.69) is 0 Å². The van der Waals surface area contributed by atoms with Gasteiger partial charge in [-0.3, -0.25) is 0 Å². The third-order valence-corrected chi connectivity index (χ3v) is 2.09. The molecule has 1 rings (SSSR count). The minimum absolute atomic E-state index is 0.133. The molecule has 0 fully saturated rings. The summed E-state index contributed by atoms with van der Waals surface area (Å²) >= 11 is 0. The van der Waals surface area contributed by atoms with Crippen molar-refractivity contribution < 1.29 is 9.84 Å². The monoisotopic (exact) mass is 142 g/mol. The average molecular weight is 142 g/mol. The largest absolute Gasteiger partial charge is 0.392 e. The lowest BCUT2D eigenvalue weighted by atomic mass is 10.0. The molecule has 1 aliphatic carbocycles. The predicted molar refractivity (Wildman–Crippen MR) is 39.7 cm³/mol. The van der Waals surface area contributed by atoms with Crippen molar-refractivity contribution in [1.29, 1.82) is 0 Å². The Balaban J connectivity index is 2.46. The molecule has 2 heteroatoms. The van der Waals surface area contributed by atoms with Crippen LogP contribution in [0.25, 0.3) is 0 Å². The van der Waals surface area contributed by atoms with Crippen LogP contribution < -0.4 is 0 Å². The van der Waals surface area contributed by atoms with Gasteiger partial charge in [0, 0.05) is 13.0 Å². The summed E-state index contributed by atoms with van der Waals surface area (Å²) in [5, 5.41) is 9.35. The van der Waals surface area contributed by atoms with Crippen molar-refractivity contribution in [2.75, 3.05) is 7.11 Å². The smallest absolute Gasteiger partial charge is 0.0661 e. The SMILES string of the molecule is CO[C@@H](C)[C@H]1C=CC[C@H]1O. The van der Waals surface area contributed by atoms with E-state index in [1.54, 1.807) is 7.11 Å². The lowest BCUT2D eigenvalue weighted by Gasteiger charge is -2.19. The zero-order chi connectivity index (χ0) is 7.56. The maximum Gasteiger partial charge on any atom is 0.0661 e. The zero-order valence-electron chi connectivity index (χ0n) is 6.45. The first-order valence-corrected chi connectivity index (χ1v) is 3.63. The summed E-state index contributed by atoms with van der Waals surface area (Å²) in [6.45, 7) is 1.98. The molecule has 10 heavy (non-hydrogen) atoms. The summed E-state index contributed by atoms with van der Waals surface area (Å²) < 4.78 is 5.09. The standard InChI is InChI=1S/C8H14O2/c1-6(10-2)7-4-3-5-8(7)9/h3-4,6-9H,5H2,1-2H3/t6-,7+,8+/m0/s1. The topological polar surface area (TPSA) is 29.5 Å². The fourth-order valence-electron chi connectivity index (χ4n) is 1.29. The van der Waals surface area contributed by atoms with Crippen molar-refractivity contribution >= 4 is 0 Å². The van der Waals surface area contributed by atoms with Crippen LogP contribution >= 0.6 is 0 Å². The summed E-state index contributed by atoms with van der Waals surface area (Å²) in [5.74, 6) is 0.199. The Kier molecular flexibility index (Phi) is 2.46. The van der Waals surface area contributed by atoms with Gasteiger partial charge in [-0.2, -0.15) is 0 Å². The minimum Gasteiger partial charge on any atom is -0.392 e. The molecule has 0 bridgehead atoms. The number of methoxy groups -OCH3 is 1. The van der Waals surface area contributed by atoms with Crippen LogP contribution in [-0.2, 0) is 4.74 Å². The molecule has 0 saturated carbocycles. The normalized spacial score (nSPS) is 34.7. The van der Waals surface area contributed by atoms with Crippen molar-refractivity contribution in [3.05, 3.63) is 12.2 Å². The van der Waals surface area contributed by atoms with Gasteiger partial charge in [0.25, 0.3) is 0 Å². The molecular formula is C8H14O2. The lowest BCUT2D eigenvalue weighted by molar-refractivity contribution is 0.0256. The van der Waals surface area contributed by atoms with Gasteiger partial charge in [0.2, 0.25) is 0 Å². The van der Waals surface area contributed by atoms with E-state index in [0.29, 0.717) is 0 Å². The molecule has 0 heterocycles. The molecule has 0 spiro atoms. The van der Waals surface area contributed by atoms with E-state index in [-0.39, 0.29) is 18.1 Å². The van der Waals surface area contributed by atoms with E-state index in [1.165, 1.54) is 0 Å².